The molecule has 5 nitrogen and oxygen atoms in total. The molecule has 0 radical (unpaired) electrons. The van der Waals surface area contributed by atoms with Crippen LogP contribution in [0, 0.1) is 17.0 Å². The molecule has 0 aliphatic carbocycles. The average Bonchev–Trinajstić information content (AvgIpc) is 2.47. The Morgan fingerprint density at radius 3 is 2.48 bits per heavy atom. The van der Waals surface area contributed by atoms with E-state index in [1.54, 1.807) is 12.1 Å². The molecule has 0 saturated heterocycles. The predicted octanol–water partition coefficient (Wildman–Crippen LogP) is 3.20. The lowest BCUT2D eigenvalue weighted by Crippen LogP contribution is -2.13. The highest BCUT2D eigenvalue weighted by molar-refractivity contribution is 5.48. The fraction of sp³-hybridized carbons (Fsp3) is 0.250. The highest BCUT2D eigenvalue weighted by atomic mass is 16.6. The van der Waals surface area contributed by atoms with Gasteiger partial charge in [-0.3, -0.25) is 10.1 Å². The molecule has 0 saturated carbocycles. The number of hydrogen-bond acceptors (Lipinski definition) is 4. The first kappa shape index (κ1) is 15.0. The van der Waals surface area contributed by atoms with Gasteiger partial charge in [0.1, 0.15) is 0 Å². The first-order valence-corrected chi connectivity index (χ1v) is 6.67. The number of benzene rings is 2. The summed E-state index contributed by atoms with van der Waals surface area (Å²) in [5, 5.41) is 14.3. The Morgan fingerprint density at radius 2 is 1.86 bits per heavy atom. The Labute approximate surface area is 123 Å². The Bertz CT molecular complexity index is 641. The van der Waals surface area contributed by atoms with Gasteiger partial charge in [0.15, 0.2) is 5.75 Å². The van der Waals surface area contributed by atoms with Crippen molar-refractivity contribution in [3.63, 3.8) is 0 Å². The van der Waals surface area contributed by atoms with Gasteiger partial charge in [0.05, 0.1) is 12.0 Å². The van der Waals surface area contributed by atoms with Crippen molar-refractivity contribution < 1.29 is 9.66 Å². The molecule has 110 valence electrons. The summed E-state index contributed by atoms with van der Waals surface area (Å²) in [4.78, 5) is 10.5. The summed E-state index contributed by atoms with van der Waals surface area (Å²) in [7, 11) is 1.43. The van der Waals surface area contributed by atoms with Crippen molar-refractivity contribution in [2.45, 2.75) is 20.0 Å². The molecule has 1 N–H and O–H groups in total. The van der Waals surface area contributed by atoms with Gasteiger partial charge in [0, 0.05) is 19.2 Å². The van der Waals surface area contributed by atoms with Crippen LogP contribution in [0.2, 0.25) is 0 Å². The molecule has 2 aromatic rings. The van der Waals surface area contributed by atoms with Crippen LogP contribution < -0.4 is 10.1 Å². The van der Waals surface area contributed by atoms with E-state index in [-0.39, 0.29) is 11.4 Å². The monoisotopic (exact) mass is 286 g/mol. The summed E-state index contributed by atoms with van der Waals surface area (Å²) in [6.07, 6.45) is 0. The number of aryl methyl sites for hydroxylation is 1. The Balaban J connectivity index is 2.00. The number of nitrogens with one attached hydrogen (secondary N) is 1. The third-order valence-corrected chi connectivity index (χ3v) is 3.18. The van der Waals surface area contributed by atoms with Crippen molar-refractivity contribution in [3.8, 4) is 5.75 Å². The van der Waals surface area contributed by atoms with E-state index in [0.29, 0.717) is 6.54 Å². The number of methoxy groups -OCH3 is 1. The summed E-state index contributed by atoms with van der Waals surface area (Å²) < 4.78 is 4.99. The van der Waals surface area contributed by atoms with Gasteiger partial charge in [-0.1, -0.05) is 35.9 Å². The third-order valence-electron chi connectivity index (χ3n) is 3.18. The van der Waals surface area contributed by atoms with E-state index in [0.717, 1.165) is 12.1 Å². The summed E-state index contributed by atoms with van der Waals surface area (Å²) in [6, 6.07) is 13.2. The fourth-order valence-electron chi connectivity index (χ4n) is 2.16. The fourth-order valence-corrected chi connectivity index (χ4v) is 2.16. The van der Waals surface area contributed by atoms with E-state index in [2.05, 4.69) is 30.4 Å². The summed E-state index contributed by atoms with van der Waals surface area (Å²) in [5.41, 5.74) is 3.26. The largest absolute Gasteiger partial charge is 0.490 e. The molecule has 0 spiro atoms. The van der Waals surface area contributed by atoms with E-state index >= 15 is 0 Å². The standard InChI is InChI=1S/C16H18N2O3/c1-12-4-3-5-13(8-12)10-17-11-14-6-7-16(21-2)15(9-14)18(19)20/h3-9,17H,10-11H2,1-2H3. The van der Waals surface area contributed by atoms with Crippen LogP contribution in [-0.4, -0.2) is 12.0 Å². The SMILES string of the molecule is COc1ccc(CNCc2cccc(C)c2)cc1[N+](=O)[O-]. The Kier molecular flexibility index (Phi) is 4.90. The first-order valence-electron chi connectivity index (χ1n) is 6.67. The molecule has 0 aliphatic heterocycles. The maximum absolute atomic E-state index is 11.0. The molecule has 0 aromatic heterocycles. The van der Waals surface area contributed by atoms with Gasteiger partial charge >= 0.3 is 5.69 Å². The number of nitro benzene ring substituents is 1. The van der Waals surface area contributed by atoms with E-state index in [1.165, 1.54) is 18.2 Å². The smallest absolute Gasteiger partial charge is 0.311 e. The third kappa shape index (κ3) is 4.03. The van der Waals surface area contributed by atoms with Crippen molar-refractivity contribution in [1.82, 2.24) is 5.32 Å². The average molecular weight is 286 g/mol. The molecule has 0 aliphatic rings. The Morgan fingerprint density at radius 1 is 1.14 bits per heavy atom. The van der Waals surface area contributed by atoms with Crippen LogP contribution in [-0.2, 0) is 13.1 Å². The van der Waals surface area contributed by atoms with Gasteiger partial charge in [0.2, 0.25) is 0 Å². The summed E-state index contributed by atoms with van der Waals surface area (Å²) >= 11 is 0. The summed E-state index contributed by atoms with van der Waals surface area (Å²) in [6.45, 7) is 3.34. The topological polar surface area (TPSA) is 64.4 Å². The maximum atomic E-state index is 11.0. The highest BCUT2D eigenvalue weighted by Crippen LogP contribution is 2.27. The van der Waals surface area contributed by atoms with Gasteiger partial charge < -0.3 is 10.1 Å². The van der Waals surface area contributed by atoms with Crippen LogP contribution in [0.5, 0.6) is 5.75 Å². The molecule has 0 unspecified atom stereocenters. The molecular weight excluding hydrogens is 268 g/mol. The molecule has 0 bridgehead atoms. The van der Waals surface area contributed by atoms with Gasteiger partial charge in [-0.15, -0.1) is 0 Å². The van der Waals surface area contributed by atoms with Crippen LogP contribution in [0.25, 0.3) is 0 Å². The number of rotatable bonds is 6. The molecule has 0 atom stereocenters. The van der Waals surface area contributed by atoms with E-state index in [1.807, 2.05) is 12.1 Å². The second-order valence-electron chi connectivity index (χ2n) is 4.86. The molecule has 21 heavy (non-hydrogen) atoms. The van der Waals surface area contributed by atoms with Crippen molar-refractivity contribution in [2.24, 2.45) is 0 Å². The zero-order chi connectivity index (χ0) is 15.2. The minimum Gasteiger partial charge on any atom is -0.490 e. The second kappa shape index (κ2) is 6.85. The van der Waals surface area contributed by atoms with Crippen LogP contribution >= 0.6 is 0 Å². The highest BCUT2D eigenvalue weighted by Gasteiger charge is 2.14. The molecule has 0 heterocycles. The maximum Gasteiger partial charge on any atom is 0.311 e. The second-order valence-corrected chi connectivity index (χ2v) is 4.86. The molecule has 2 rings (SSSR count). The predicted molar refractivity (Wildman–Crippen MR) is 81.4 cm³/mol. The van der Waals surface area contributed by atoms with Gasteiger partial charge in [-0.2, -0.15) is 0 Å². The number of nitro groups is 1. The van der Waals surface area contributed by atoms with Crippen LogP contribution in [0.1, 0.15) is 16.7 Å². The normalized spacial score (nSPS) is 10.4. The molecular formula is C16H18N2O3. The van der Waals surface area contributed by atoms with Crippen LogP contribution in [0.3, 0.4) is 0 Å². The number of ether oxygens (including phenoxy) is 1. The van der Waals surface area contributed by atoms with E-state index < -0.39 is 4.92 Å². The summed E-state index contributed by atoms with van der Waals surface area (Å²) in [5.74, 6) is 0.280. The minimum absolute atomic E-state index is 0.00708. The van der Waals surface area contributed by atoms with Crippen molar-refractivity contribution in [1.29, 1.82) is 0 Å². The minimum atomic E-state index is -0.428. The van der Waals surface area contributed by atoms with E-state index in [9.17, 15) is 10.1 Å². The van der Waals surface area contributed by atoms with Crippen molar-refractivity contribution in [3.05, 3.63) is 69.3 Å². The van der Waals surface area contributed by atoms with Crippen molar-refractivity contribution >= 4 is 5.69 Å². The van der Waals surface area contributed by atoms with Gasteiger partial charge in [-0.05, 0) is 24.1 Å². The Hall–Kier alpha value is -2.40. The number of hydrogen-bond donors (Lipinski definition) is 1. The van der Waals surface area contributed by atoms with Crippen molar-refractivity contribution in [2.75, 3.05) is 7.11 Å². The molecule has 0 amide bonds. The lowest BCUT2D eigenvalue weighted by molar-refractivity contribution is -0.385. The van der Waals surface area contributed by atoms with Gasteiger partial charge in [-0.25, -0.2) is 0 Å². The molecule has 2 aromatic carbocycles. The lowest BCUT2D eigenvalue weighted by atomic mass is 10.1. The van der Waals surface area contributed by atoms with Gasteiger partial charge in [0.25, 0.3) is 0 Å². The number of nitrogens with zero attached hydrogens (tertiary/aromatic N) is 1. The van der Waals surface area contributed by atoms with Crippen LogP contribution in [0.4, 0.5) is 5.69 Å². The quantitative estimate of drug-likeness (QED) is 0.654. The first-order chi connectivity index (χ1) is 10.1. The van der Waals surface area contributed by atoms with E-state index in [4.69, 9.17) is 4.74 Å². The molecule has 0 fully saturated rings. The zero-order valence-electron chi connectivity index (χ0n) is 12.1. The zero-order valence-corrected chi connectivity index (χ0v) is 12.1. The van der Waals surface area contributed by atoms with Crippen LogP contribution in [0.15, 0.2) is 42.5 Å². The molecule has 5 heteroatoms. The lowest BCUT2D eigenvalue weighted by Gasteiger charge is -2.07.